The highest BCUT2D eigenvalue weighted by atomic mass is 19.4. The lowest BCUT2D eigenvalue weighted by molar-refractivity contribution is -0.137. The van der Waals surface area contributed by atoms with Crippen molar-refractivity contribution in [2.45, 2.75) is 19.1 Å². The number of nitrogens with one attached hydrogen (secondary N) is 1. The monoisotopic (exact) mass is 442 g/mol. The summed E-state index contributed by atoms with van der Waals surface area (Å²) in [5.74, 6) is 1.61. The van der Waals surface area contributed by atoms with Gasteiger partial charge < -0.3 is 9.72 Å². The van der Waals surface area contributed by atoms with Crippen LogP contribution in [0.25, 0.3) is 11.0 Å². The Labute approximate surface area is 180 Å². The fourth-order valence-electron chi connectivity index (χ4n) is 3.44. The van der Waals surface area contributed by atoms with Crippen LogP contribution in [0.3, 0.4) is 0 Å². The first-order valence-corrected chi connectivity index (χ1v) is 9.64. The molecule has 1 aliphatic heterocycles. The van der Waals surface area contributed by atoms with Gasteiger partial charge in [0.05, 0.1) is 29.7 Å². The molecular weight excluding hydrogens is 425 g/mol. The van der Waals surface area contributed by atoms with Crippen LogP contribution in [0.15, 0.2) is 47.5 Å². The number of rotatable bonds is 3. The maximum absolute atomic E-state index is 13.0. The highest BCUT2D eigenvalue weighted by Gasteiger charge is 2.31. The molecule has 0 spiro atoms. The van der Waals surface area contributed by atoms with Crippen molar-refractivity contribution >= 4 is 28.7 Å². The molecule has 7 nitrogen and oxygen atoms in total. The zero-order chi connectivity index (χ0) is 22.9. The number of alkyl halides is 3. The Morgan fingerprint density at radius 2 is 2.06 bits per heavy atom. The summed E-state index contributed by atoms with van der Waals surface area (Å²) in [5, 5.41) is 0. The standard InChI is InChI=1S/C22H17F3N4O3/c1-2-9-29-18-8-7-16(28-10-4-11-32-21(28)31)13-17(18)26-20(29)27-19(30)14-5-3-6-15(12-14)22(23,24)25/h1,3,5-8,12-13H,4,9-11H2,(H,26,27,30). The lowest BCUT2D eigenvalue weighted by atomic mass is 10.1. The molecule has 0 saturated carbocycles. The van der Waals surface area contributed by atoms with Gasteiger partial charge in [-0.05, 0) is 42.8 Å². The second-order valence-electron chi connectivity index (χ2n) is 7.06. The minimum Gasteiger partial charge on any atom is -0.449 e. The average molecular weight is 442 g/mol. The number of benzene rings is 2. The van der Waals surface area contributed by atoms with Gasteiger partial charge in [0.15, 0.2) is 0 Å². The van der Waals surface area contributed by atoms with E-state index in [4.69, 9.17) is 11.2 Å². The van der Waals surface area contributed by atoms with Crippen molar-refractivity contribution in [1.29, 1.82) is 0 Å². The van der Waals surface area contributed by atoms with Gasteiger partial charge in [-0.25, -0.2) is 4.79 Å². The van der Waals surface area contributed by atoms with Crippen LogP contribution < -0.4 is 10.5 Å². The molecular formula is C22H17F3N4O3. The number of carbonyl (C=O) groups is 2. The first kappa shape index (κ1) is 21.2. The highest BCUT2D eigenvalue weighted by molar-refractivity contribution is 5.95. The summed E-state index contributed by atoms with van der Waals surface area (Å²) in [7, 11) is 0. The molecule has 1 fully saturated rings. The number of amides is 2. The van der Waals surface area contributed by atoms with Crippen molar-refractivity contribution in [2.24, 2.45) is 4.99 Å². The quantitative estimate of drug-likeness (QED) is 0.628. The number of nitrogens with zero attached hydrogens (tertiary/aromatic N) is 3. The molecule has 2 amide bonds. The zero-order valence-corrected chi connectivity index (χ0v) is 16.6. The van der Waals surface area contributed by atoms with Crippen LogP contribution in [0.1, 0.15) is 22.3 Å². The summed E-state index contributed by atoms with van der Waals surface area (Å²) in [6.07, 6.45) is 1.11. The molecule has 0 atom stereocenters. The number of hydrogen-bond acceptors (Lipinski definition) is 3. The Morgan fingerprint density at radius 3 is 2.78 bits per heavy atom. The summed E-state index contributed by atoms with van der Waals surface area (Å²) in [6.45, 7) is 0.934. The van der Waals surface area contributed by atoms with E-state index in [1.807, 2.05) is 0 Å². The molecule has 0 bridgehead atoms. The number of cyclic esters (lactones) is 1. The number of aromatic nitrogens is 2. The van der Waals surface area contributed by atoms with E-state index in [0.29, 0.717) is 36.3 Å². The van der Waals surface area contributed by atoms with Gasteiger partial charge in [-0.2, -0.15) is 18.2 Å². The summed E-state index contributed by atoms with van der Waals surface area (Å²) in [6, 6.07) is 9.17. The van der Waals surface area contributed by atoms with Crippen molar-refractivity contribution < 1.29 is 27.5 Å². The molecule has 4 rings (SSSR count). The molecule has 2 heterocycles. The van der Waals surface area contributed by atoms with Gasteiger partial charge in [-0.1, -0.05) is 12.0 Å². The van der Waals surface area contributed by atoms with Gasteiger partial charge >= 0.3 is 12.3 Å². The van der Waals surface area contributed by atoms with Crippen LogP contribution in [-0.2, 0) is 17.5 Å². The number of hydrogen-bond donors (Lipinski definition) is 1. The third-order valence-electron chi connectivity index (χ3n) is 4.95. The fourth-order valence-corrected chi connectivity index (χ4v) is 3.44. The predicted octanol–water partition coefficient (Wildman–Crippen LogP) is 3.71. The van der Waals surface area contributed by atoms with Crippen LogP contribution >= 0.6 is 0 Å². The number of anilines is 1. The van der Waals surface area contributed by atoms with Crippen molar-refractivity contribution in [2.75, 3.05) is 18.1 Å². The van der Waals surface area contributed by atoms with E-state index in [-0.39, 0.29) is 17.7 Å². The summed E-state index contributed by atoms with van der Waals surface area (Å²) < 4.78 is 45.5. The van der Waals surface area contributed by atoms with Crippen LogP contribution in [0, 0.1) is 12.3 Å². The van der Waals surface area contributed by atoms with E-state index in [1.54, 1.807) is 22.8 Å². The molecule has 0 radical (unpaired) electrons. The normalized spacial score (nSPS) is 15.0. The Bertz CT molecular complexity index is 1310. The molecule has 0 unspecified atom stereocenters. The van der Waals surface area contributed by atoms with Gasteiger partial charge in [0.25, 0.3) is 5.91 Å². The number of aromatic amines is 1. The first-order valence-electron chi connectivity index (χ1n) is 9.64. The molecule has 164 valence electrons. The minimum absolute atomic E-state index is 0.0693. The third kappa shape index (κ3) is 4.09. The van der Waals surface area contributed by atoms with Crippen LogP contribution in [0.2, 0.25) is 0 Å². The number of imidazole rings is 1. The van der Waals surface area contributed by atoms with Crippen LogP contribution in [0.4, 0.5) is 23.7 Å². The summed E-state index contributed by atoms with van der Waals surface area (Å²) in [4.78, 5) is 33.0. The van der Waals surface area contributed by atoms with Gasteiger partial charge in [-0.15, -0.1) is 6.42 Å². The lowest BCUT2D eigenvalue weighted by Gasteiger charge is -2.26. The van der Waals surface area contributed by atoms with Crippen molar-refractivity contribution in [3.63, 3.8) is 0 Å². The van der Waals surface area contributed by atoms with Crippen LogP contribution in [0.5, 0.6) is 0 Å². The zero-order valence-electron chi connectivity index (χ0n) is 16.6. The topological polar surface area (TPSA) is 79.7 Å². The largest absolute Gasteiger partial charge is 0.449 e. The van der Waals surface area contributed by atoms with E-state index in [0.717, 1.165) is 18.2 Å². The maximum atomic E-state index is 13.0. The predicted molar refractivity (Wildman–Crippen MR) is 110 cm³/mol. The van der Waals surface area contributed by atoms with Gasteiger partial charge in [0, 0.05) is 17.8 Å². The SMILES string of the molecule is C#CCn1/c(=N/C(=O)c2cccc(C(F)(F)F)c2)[nH]c2cc(N3CCCOC3=O)ccc21. The van der Waals surface area contributed by atoms with E-state index in [9.17, 15) is 22.8 Å². The highest BCUT2D eigenvalue weighted by Crippen LogP contribution is 2.29. The van der Waals surface area contributed by atoms with Gasteiger partial charge in [-0.3, -0.25) is 14.3 Å². The Morgan fingerprint density at radius 1 is 1.25 bits per heavy atom. The molecule has 3 aromatic rings. The smallest absolute Gasteiger partial charge is 0.416 e. The maximum Gasteiger partial charge on any atom is 0.416 e. The van der Waals surface area contributed by atoms with E-state index in [1.165, 1.54) is 11.0 Å². The fraction of sp³-hybridized carbons (Fsp3) is 0.227. The molecule has 1 aromatic heterocycles. The Balaban J connectivity index is 1.77. The minimum atomic E-state index is -4.58. The van der Waals surface area contributed by atoms with E-state index < -0.39 is 23.7 Å². The Hall–Kier alpha value is -4.00. The number of halogens is 3. The molecule has 32 heavy (non-hydrogen) atoms. The number of fused-ring (bicyclic) bond motifs is 1. The van der Waals surface area contributed by atoms with E-state index >= 15 is 0 Å². The molecule has 2 aromatic carbocycles. The Kier molecular flexibility index (Phi) is 5.48. The average Bonchev–Trinajstić information content (AvgIpc) is 3.10. The lowest BCUT2D eigenvalue weighted by Crippen LogP contribution is -2.37. The number of ether oxygens (including phenoxy) is 1. The van der Waals surface area contributed by atoms with Gasteiger partial charge in [0.2, 0.25) is 5.62 Å². The first-order chi connectivity index (χ1) is 15.3. The summed E-state index contributed by atoms with van der Waals surface area (Å²) >= 11 is 0. The number of terminal acetylenes is 1. The molecule has 0 aliphatic carbocycles. The van der Waals surface area contributed by atoms with Crippen molar-refractivity contribution in [3.8, 4) is 12.3 Å². The molecule has 1 aliphatic rings. The van der Waals surface area contributed by atoms with Crippen LogP contribution in [-0.4, -0.2) is 34.7 Å². The third-order valence-corrected chi connectivity index (χ3v) is 4.95. The number of carbonyl (C=O) groups excluding carboxylic acids is 2. The molecule has 10 heteroatoms. The second kappa shape index (κ2) is 8.26. The van der Waals surface area contributed by atoms with Crippen molar-refractivity contribution in [3.05, 3.63) is 59.2 Å². The number of H-pyrrole nitrogens is 1. The second-order valence-corrected chi connectivity index (χ2v) is 7.06. The molecule has 1 N–H and O–H groups in total. The molecule has 1 saturated heterocycles. The van der Waals surface area contributed by atoms with Gasteiger partial charge in [0.1, 0.15) is 0 Å². The van der Waals surface area contributed by atoms with Crippen molar-refractivity contribution in [1.82, 2.24) is 9.55 Å². The van der Waals surface area contributed by atoms with E-state index in [2.05, 4.69) is 15.9 Å². The summed E-state index contributed by atoms with van der Waals surface area (Å²) in [5.41, 5.74) is 0.692.